The third-order valence-electron chi connectivity index (χ3n) is 6.97. The Bertz CT molecular complexity index is 1390. The van der Waals surface area contributed by atoms with Crippen LogP contribution in [0.3, 0.4) is 0 Å². The number of allylic oxidation sites excluding steroid dienone is 1. The van der Waals surface area contributed by atoms with Gasteiger partial charge in [-0.2, -0.15) is 0 Å². The highest BCUT2D eigenvalue weighted by Gasteiger charge is 2.19. The average molecular weight is 584 g/mol. The molecule has 4 rings (SSSR count). The minimum absolute atomic E-state index is 0. The Morgan fingerprint density at radius 1 is 1.09 bits per heavy atom. The average Bonchev–Trinajstić information content (AvgIpc) is 3.05. The van der Waals surface area contributed by atoms with Crippen LogP contribution >= 0.6 is 0 Å². The summed E-state index contributed by atoms with van der Waals surface area (Å²) in [5, 5.41) is 9.04. The Kier molecular flexibility index (Phi) is 16.2. The van der Waals surface area contributed by atoms with Gasteiger partial charge in [-0.15, -0.1) is 5.73 Å². The standard InChI is InChI=1S/C32H33N3O3.2C2H6.CH4/c1-4-24(18-23(3)29-8-5-6-14-34-29)25-11-10-22(2)27(19-25)32(33)26-12-13-31-28(20-26)30(37)9-7-15-35(21-36)16-17-38-31;2*1-2;/h5-6,8,10-14,19-21,23,33H,1,7,9,15-18H2,2-3H3;2*1-2H3;1H4/t23-;;;/m1.../s1. The van der Waals surface area contributed by atoms with Gasteiger partial charge in [0, 0.05) is 47.5 Å². The third-order valence-corrected chi connectivity index (χ3v) is 6.97. The maximum Gasteiger partial charge on any atom is 0.209 e. The second-order valence-corrected chi connectivity index (χ2v) is 9.65. The van der Waals surface area contributed by atoms with Crippen LogP contribution in [0.4, 0.5) is 0 Å². The van der Waals surface area contributed by atoms with Gasteiger partial charge in [-0.1, -0.05) is 66.8 Å². The van der Waals surface area contributed by atoms with Crippen molar-refractivity contribution < 1.29 is 14.3 Å². The first-order valence-electron chi connectivity index (χ1n) is 14.9. The van der Waals surface area contributed by atoms with Crippen LogP contribution in [-0.4, -0.2) is 47.5 Å². The SMILES string of the molecule is C.C=C=C(C[C@@H](C)c1ccccn1)c1ccc(C)c(C(=N)c2ccc3c(c2)C(=O)CCCN(C=O)CCO3)c1.CC.CC. The number of nitrogens with zero attached hydrogens (tertiary/aromatic N) is 2. The van der Waals surface area contributed by atoms with Crippen molar-refractivity contribution in [1.29, 1.82) is 5.41 Å². The number of aryl methyl sites for hydroxylation is 1. The number of amides is 1. The molecule has 2 aromatic carbocycles. The molecule has 1 aliphatic heterocycles. The second kappa shape index (κ2) is 19.0. The van der Waals surface area contributed by atoms with Crippen molar-refractivity contribution in [2.45, 2.75) is 74.1 Å². The van der Waals surface area contributed by atoms with Gasteiger partial charge in [0.05, 0.1) is 17.8 Å². The summed E-state index contributed by atoms with van der Waals surface area (Å²) in [5.41, 5.74) is 9.28. The van der Waals surface area contributed by atoms with Crippen LogP contribution < -0.4 is 4.74 Å². The molecule has 0 spiro atoms. The molecule has 0 aliphatic carbocycles. The fourth-order valence-corrected chi connectivity index (χ4v) is 4.70. The Hall–Kier alpha value is -4.28. The molecule has 1 N–H and O–H groups in total. The fraction of sp³-hybridized carbons (Fsp3) is 0.378. The highest BCUT2D eigenvalue weighted by molar-refractivity contribution is 6.13. The molecule has 1 amide bonds. The number of Topliss-reactive ketones (excluding diaryl/α,β-unsaturated/α-hetero) is 1. The molecule has 0 saturated heterocycles. The van der Waals surface area contributed by atoms with E-state index in [2.05, 4.69) is 24.2 Å². The molecule has 0 radical (unpaired) electrons. The zero-order chi connectivity index (χ0) is 31.1. The molecule has 0 saturated carbocycles. The number of ether oxygens (including phenoxy) is 1. The largest absolute Gasteiger partial charge is 0.491 e. The Balaban J connectivity index is 0.00000177. The number of ketones is 1. The van der Waals surface area contributed by atoms with Crippen LogP contribution in [0.2, 0.25) is 0 Å². The van der Waals surface area contributed by atoms with E-state index in [4.69, 9.17) is 10.1 Å². The minimum Gasteiger partial charge on any atom is -0.491 e. The minimum atomic E-state index is -0.0479. The van der Waals surface area contributed by atoms with Gasteiger partial charge in [0.1, 0.15) is 12.4 Å². The van der Waals surface area contributed by atoms with E-state index in [-0.39, 0.29) is 19.1 Å². The summed E-state index contributed by atoms with van der Waals surface area (Å²) in [4.78, 5) is 30.3. The van der Waals surface area contributed by atoms with E-state index >= 15 is 0 Å². The number of aromatic nitrogens is 1. The van der Waals surface area contributed by atoms with Crippen molar-refractivity contribution in [3.8, 4) is 5.75 Å². The number of carbonyl (C=O) groups is 2. The molecule has 0 unspecified atom stereocenters. The third kappa shape index (κ3) is 9.90. The summed E-state index contributed by atoms with van der Waals surface area (Å²) in [5.74, 6) is 0.634. The van der Waals surface area contributed by atoms with E-state index in [1.165, 1.54) is 0 Å². The lowest BCUT2D eigenvalue weighted by Gasteiger charge is -2.21. The molecular formula is C37H49N3O3. The van der Waals surface area contributed by atoms with E-state index in [9.17, 15) is 9.59 Å². The maximum absolute atomic E-state index is 13.0. The van der Waals surface area contributed by atoms with Gasteiger partial charge < -0.3 is 9.64 Å². The molecule has 6 heteroatoms. The van der Waals surface area contributed by atoms with Crippen LogP contribution in [-0.2, 0) is 4.79 Å². The van der Waals surface area contributed by atoms with E-state index in [1.54, 1.807) is 23.2 Å². The first-order chi connectivity index (χ1) is 20.4. The van der Waals surface area contributed by atoms with Crippen molar-refractivity contribution in [2.75, 3.05) is 19.7 Å². The first kappa shape index (κ1) is 36.7. The van der Waals surface area contributed by atoms with Crippen LogP contribution in [0.25, 0.3) is 5.57 Å². The highest BCUT2D eigenvalue weighted by atomic mass is 16.5. The summed E-state index contributed by atoms with van der Waals surface area (Å²) in [6.07, 6.45) is 4.23. The van der Waals surface area contributed by atoms with Gasteiger partial charge in [0.2, 0.25) is 6.41 Å². The number of pyridine rings is 1. The van der Waals surface area contributed by atoms with Crippen LogP contribution in [0.5, 0.6) is 5.75 Å². The molecule has 230 valence electrons. The number of nitrogens with one attached hydrogen (secondary N) is 1. The molecular weight excluding hydrogens is 534 g/mol. The molecule has 1 atom stereocenters. The Morgan fingerprint density at radius 2 is 1.81 bits per heavy atom. The quantitative estimate of drug-likeness (QED) is 0.171. The van der Waals surface area contributed by atoms with Gasteiger partial charge >= 0.3 is 0 Å². The number of benzene rings is 2. The zero-order valence-electron chi connectivity index (χ0n) is 26.0. The van der Waals surface area contributed by atoms with Crippen LogP contribution in [0, 0.1) is 12.3 Å². The monoisotopic (exact) mass is 583 g/mol. The Labute approximate surface area is 259 Å². The van der Waals surface area contributed by atoms with Crippen molar-refractivity contribution in [3.63, 3.8) is 0 Å². The molecule has 6 nitrogen and oxygen atoms in total. The first-order valence-corrected chi connectivity index (χ1v) is 14.9. The van der Waals surface area contributed by atoms with Gasteiger partial charge in [-0.3, -0.25) is 20.0 Å². The molecule has 1 aliphatic rings. The van der Waals surface area contributed by atoms with Crippen molar-refractivity contribution in [2.24, 2.45) is 0 Å². The smallest absolute Gasteiger partial charge is 0.209 e. The van der Waals surface area contributed by atoms with Crippen molar-refractivity contribution >= 4 is 23.5 Å². The maximum atomic E-state index is 13.0. The summed E-state index contributed by atoms with van der Waals surface area (Å²) in [6.45, 7) is 17.3. The van der Waals surface area contributed by atoms with E-state index in [1.807, 2.05) is 77.1 Å². The fourth-order valence-electron chi connectivity index (χ4n) is 4.70. The van der Waals surface area contributed by atoms with E-state index in [0.29, 0.717) is 55.1 Å². The summed E-state index contributed by atoms with van der Waals surface area (Å²) in [6, 6.07) is 17.3. The predicted octanol–water partition coefficient (Wildman–Crippen LogP) is 8.67. The molecule has 0 bridgehead atoms. The van der Waals surface area contributed by atoms with Crippen molar-refractivity contribution in [1.82, 2.24) is 9.88 Å². The number of hydrogen-bond donors (Lipinski definition) is 1. The molecule has 3 aromatic rings. The summed E-state index contributed by atoms with van der Waals surface area (Å²) < 4.78 is 5.85. The van der Waals surface area contributed by atoms with Crippen molar-refractivity contribution in [3.05, 3.63) is 107 Å². The number of rotatable bonds is 7. The zero-order valence-corrected chi connectivity index (χ0v) is 26.0. The van der Waals surface area contributed by atoms with E-state index < -0.39 is 0 Å². The van der Waals surface area contributed by atoms with Gasteiger partial charge in [-0.25, -0.2) is 0 Å². The normalized spacial score (nSPS) is 13.1. The molecule has 2 heterocycles. The summed E-state index contributed by atoms with van der Waals surface area (Å²) in [7, 11) is 0. The molecule has 43 heavy (non-hydrogen) atoms. The molecule has 0 fully saturated rings. The number of fused-ring (bicyclic) bond motifs is 1. The van der Waals surface area contributed by atoms with Crippen LogP contribution in [0.15, 0.2) is 73.1 Å². The number of carbonyl (C=O) groups excluding carboxylic acids is 2. The second-order valence-electron chi connectivity index (χ2n) is 9.65. The topological polar surface area (TPSA) is 83.4 Å². The lowest BCUT2D eigenvalue weighted by molar-refractivity contribution is -0.118. The molecule has 1 aromatic heterocycles. The predicted molar refractivity (Wildman–Crippen MR) is 179 cm³/mol. The highest BCUT2D eigenvalue weighted by Crippen LogP contribution is 2.30. The number of hydrogen-bond acceptors (Lipinski definition) is 5. The van der Waals surface area contributed by atoms with Gasteiger partial charge in [0.15, 0.2) is 5.78 Å². The van der Waals surface area contributed by atoms with Gasteiger partial charge in [-0.05, 0) is 67.3 Å². The van der Waals surface area contributed by atoms with E-state index in [0.717, 1.165) is 40.8 Å². The lowest BCUT2D eigenvalue weighted by Crippen LogP contribution is -2.29. The van der Waals surface area contributed by atoms with Crippen LogP contribution in [0.1, 0.15) is 106 Å². The van der Waals surface area contributed by atoms with Gasteiger partial charge in [0.25, 0.3) is 0 Å². The Morgan fingerprint density at radius 3 is 2.47 bits per heavy atom. The lowest BCUT2D eigenvalue weighted by atomic mass is 9.89. The summed E-state index contributed by atoms with van der Waals surface area (Å²) >= 11 is 0.